The van der Waals surface area contributed by atoms with Gasteiger partial charge < -0.3 is 24.2 Å². The number of thiazole rings is 1. The molecule has 2 aromatic carbocycles. The fourth-order valence-corrected chi connectivity index (χ4v) is 6.59. The molecule has 3 aromatic rings. The molecule has 1 aromatic heterocycles. The Kier molecular flexibility index (Phi) is 7.19. The predicted molar refractivity (Wildman–Crippen MR) is 119 cm³/mol. The van der Waals surface area contributed by atoms with Crippen molar-refractivity contribution in [1.29, 1.82) is 0 Å². The molecule has 0 saturated heterocycles. The van der Waals surface area contributed by atoms with E-state index in [9.17, 15) is 9.67 Å². The van der Waals surface area contributed by atoms with Crippen molar-refractivity contribution >= 4 is 50.2 Å². The Morgan fingerprint density at radius 3 is 2.59 bits per heavy atom. The van der Waals surface area contributed by atoms with Gasteiger partial charge in [0.2, 0.25) is 0 Å². The van der Waals surface area contributed by atoms with Gasteiger partial charge in [0.1, 0.15) is 11.5 Å². The molecule has 29 heavy (non-hydrogen) atoms. The van der Waals surface area contributed by atoms with Crippen molar-refractivity contribution in [3.8, 4) is 11.5 Å². The van der Waals surface area contributed by atoms with Gasteiger partial charge >= 0.3 is 7.60 Å². The maximum atomic E-state index is 13.7. The van der Waals surface area contributed by atoms with Gasteiger partial charge in [-0.1, -0.05) is 33.3 Å². The highest BCUT2D eigenvalue weighted by atomic mass is 79.9. The molecule has 7 nitrogen and oxygen atoms in total. The number of hydrogen-bond donors (Lipinski definition) is 2. The van der Waals surface area contributed by atoms with Crippen LogP contribution in [0.25, 0.3) is 10.2 Å². The van der Waals surface area contributed by atoms with Crippen LogP contribution in [-0.2, 0) is 13.6 Å². The highest BCUT2D eigenvalue weighted by molar-refractivity contribution is 9.10. The lowest BCUT2D eigenvalue weighted by Crippen LogP contribution is -2.16. The van der Waals surface area contributed by atoms with Gasteiger partial charge in [-0.05, 0) is 44.2 Å². The summed E-state index contributed by atoms with van der Waals surface area (Å²) in [4.78, 5) is 4.57. The topological polar surface area (TPSA) is 89.9 Å². The number of phenolic OH excluding ortho intramolecular Hbond substituents is 1. The smallest absolute Gasteiger partial charge is 0.357 e. The molecule has 0 bridgehead atoms. The zero-order valence-electron chi connectivity index (χ0n) is 16.2. The van der Waals surface area contributed by atoms with Crippen LogP contribution in [0.4, 0.5) is 5.13 Å². The second-order valence-corrected chi connectivity index (χ2v) is 9.95. The van der Waals surface area contributed by atoms with Gasteiger partial charge in [-0.2, -0.15) is 0 Å². The predicted octanol–water partition coefficient (Wildman–Crippen LogP) is 6.15. The lowest BCUT2D eigenvalue weighted by molar-refractivity contribution is 0.213. The number of rotatable bonds is 9. The van der Waals surface area contributed by atoms with Crippen molar-refractivity contribution in [3.63, 3.8) is 0 Å². The fraction of sp³-hybridized carbons (Fsp3) is 0.316. The summed E-state index contributed by atoms with van der Waals surface area (Å²) in [6.07, 6.45) is 0. The van der Waals surface area contributed by atoms with Crippen LogP contribution in [0.15, 0.2) is 40.9 Å². The molecular weight excluding hydrogens is 479 g/mol. The van der Waals surface area contributed by atoms with Gasteiger partial charge in [0.05, 0.1) is 30.5 Å². The molecule has 10 heteroatoms. The Bertz CT molecular complexity index is 1010. The summed E-state index contributed by atoms with van der Waals surface area (Å²) < 4.78 is 31.6. The minimum absolute atomic E-state index is 0.0284. The summed E-state index contributed by atoms with van der Waals surface area (Å²) in [7, 11) is -2.08. The van der Waals surface area contributed by atoms with E-state index in [1.807, 2.05) is 18.2 Å². The summed E-state index contributed by atoms with van der Waals surface area (Å²) in [5.41, 5.74) is 1.16. The number of halogens is 1. The number of fused-ring (bicyclic) bond motifs is 1. The van der Waals surface area contributed by atoms with E-state index in [1.165, 1.54) is 17.4 Å². The van der Waals surface area contributed by atoms with Crippen LogP contribution in [0.1, 0.15) is 25.2 Å². The second kappa shape index (κ2) is 9.45. The van der Waals surface area contributed by atoms with Crippen LogP contribution in [0.3, 0.4) is 0 Å². The molecule has 0 aliphatic carbocycles. The summed E-state index contributed by atoms with van der Waals surface area (Å²) in [5.74, 6) is -0.262. The van der Waals surface area contributed by atoms with Crippen molar-refractivity contribution in [2.75, 3.05) is 25.6 Å². The summed E-state index contributed by atoms with van der Waals surface area (Å²) in [6.45, 7) is 3.87. The third-order valence-corrected chi connectivity index (χ3v) is 7.99. The number of aromatic nitrogens is 1. The van der Waals surface area contributed by atoms with Crippen molar-refractivity contribution in [2.45, 2.75) is 19.6 Å². The number of aromatic hydroxyl groups is 1. The van der Waals surface area contributed by atoms with E-state index >= 15 is 0 Å². The molecule has 0 aliphatic heterocycles. The average Bonchev–Trinajstić information content (AvgIpc) is 3.09. The van der Waals surface area contributed by atoms with E-state index in [4.69, 9.17) is 13.8 Å². The zero-order chi connectivity index (χ0) is 21.0. The van der Waals surface area contributed by atoms with E-state index in [1.54, 1.807) is 33.1 Å². The molecule has 0 amide bonds. The normalized spacial score (nSPS) is 12.8. The number of hydrogen-bond acceptors (Lipinski definition) is 8. The van der Waals surface area contributed by atoms with Crippen LogP contribution in [0.2, 0.25) is 0 Å². The van der Waals surface area contributed by atoms with Crippen LogP contribution in [0, 0.1) is 0 Å². The summed E-state index contributed by atoms with van der Waals surface area (Å²) in [5, 5.41) is 14.2. The number of anilines is 1. The Labute approximate surface area is 181 Å². The van der Waals surface area contributed by atoms with Crippen molar-refractivity contribution in [1.82, 2.24) is 4.98 Å². The molecule has 3 rings (SSSR count). The molecule has 0 radical (unpaired) electrons. The number of nitrogens with one attached hydrogen (secondary N) is 1. The number of benzene rings is 2. The van der Waals surface area contributed by atoms with Gasteiger partial charge in [0, 0.05) is 10.0 Å². The van der Waals surface area contributed by atoms with Gasteiger partial charge in [-0.15, -0.1) is 0 Å². The Morgan fingerprint density at radius 2 is 1.97 bits per heavy atom. The van der Waals surface area contributed by atoms with Crippen LogP contribution in [-0.4, -0.2) is 30.4 Å². The first-order chi connectivity index (χ1) is 13.9. The van der Waals surface area contributed by atoms with Crippen LogP contribution in [0.5, 0.6) is 11.5 Å². The molecule has 1 atom stereocenters. The standard InChI is InChI=1S/C19H22BrN2O5PS/c1-4-26-28(24,27-5-2)18(17-13(20)7-6-8-15(17)23)22-19-21-14-10-9-12(25-3)11-16(14)29-19/h6-11,18,23H,4-5H2,1-3H3,(H,21,22). The molecule has 0 spiro atoms. The van der Waals surface area contributed by atoms with E-state index in [0.29, 0.717) is 15.2 Å². The molecule has 0 saturated carbocycles. The van der Waals surface area contributed by atoms with Crippen molar-refractivity contribution in [3.05, 3.63) is 46.4 Å². The first-order valence-corrected chi connectivity index (χ1v) is 12.2. The Hall–Kier alpha value is -1.64. The lowest BCUT2D eigenvalue weighted by atomic mass is 10.2. The maximum Gasteiger partial charge on any atom is 0.357 e. The van der Waals surface area contributed by atoms with Gasteiger partial charge in [-0.3, -0.25) is 4.57 Å². The van der Waals surface area contributed by atoms with Gasteiger partial charge in [-0.25, -0.2) is 4.98 Å². The van der Waals surface area contributed by atoms with Crippen molar-refractivity contribution < 1.29 is 23.5 Å². The monoisotopic (exact) mass is 500 g/mol. The minimum atomic E-state index is -3.69. The molecule has 156 valence electrons. The first kappa shape index (κ1) is 22.1. The van der Waals surface area contributed by atoms with Crippen LogP contribution < -0.4 is 10.1 Å². The molecule has 1 unspecified atom stereocenters. The maximum absolute atomic E-state index is 13.7. The average molecular weight is 501 g/mol. The number of ether oxygens (including phenoxy) is 1. The highest BCUT2D eigenvalue weighted by Crippen LogP contribution is 2.63. The van der Waals surface area contributed by atoms with E-state index in [0.717, 1.165) is 16.0 Å². The molecule has 1 heterocycles. The molecular formula is C19H22BrN2O5PS. The van der Waals surface area contributed by atoms with Crippen LogP contribution >= 0.6 is 34.9 Å². The second-order valence-electron chi connectivity index (χ2n) is 5.95. The largest absolute Gasteiger partial charge is 0.508 e. The molecule has 0 aliphatic rings. The first-order valence-electron chi connectivity index (χ1n) is 8.99. The van der Waals surface area contributed by atoms with E-state index in [-0.39, 0.29) is 19.0 Å². The third kappa shape index (κ3) is 4.75. The van der Waals surface area contributed by atoms with E-state index < -0.39 is 13.4 Å². The fourth-order valence-electron chi connectivity index (χ4n) is 2.86. The number of phenols is 1. The molecule has 0 fully saturated rings. The van der Waals surface area contributed by atoms with Gasteiger partial charge in [0.15, 0.2) is 10.9 Å². The zero-order valence-corrected chi connectivity index (χ0v) is 19.5. The Morgan fingerprint density at radius 1 is 1.24 bits per heavy atom. The SMILES string of the molecule is CCOP(=O)(OCC)C(Nc1nc2ccc(OC)cc2s1)c1c(O)cccc1Br. The quantitative estimate of drug-likeness (QED) is 0.340. The lowest BCUT2D eigenvalue weighted by Gasteiger charge is -2.28. The summed E-state index contributed by atoms with van der Waals surface area (Å²) in [6, 6.07) is 10.5. The van der Waals surface area contributed by atoms with Gasteiger partial charge in [0.25, 0.3) is 0 Å². The highest BCUT2D eigenvalue weighted by Gasteiger charge is 2.40. The van der Waals surface area contributed by atoms with Crippen molar-refractivity contribution in [2.24, 2.45) is 0 Å². The number of nitrogens with zero attached hydrogens (tertiary/aromatic N) is 1. The third-order valence-electron chi connectivity index (χ3n) is 4.09. The Balaban J connectivity index is 2.09. The minimum Gasteiger partial charge on any atom is -0.508 e. The van der Waals surface area contributed by atoms with E-state index in [2.05, 4.69) is 26.2 Å². The number of methoxy groups -OCH3 is 1. The molecule has 2 N–H and O–H groups in total. The summed E-state index contributed by atoms with van der Waals surface area (Å²) >= 11 is 4.83.